The van der Waals surface area contributed by atoms with Crippen LogP contribution in [0, 0.1) is 11.8 Å². The molecule has 1 unspecified atom stereocenters. The fourth-order valence-corrected chi connectivity index (χ4v) is 3.38. The number of ether oxygens (including phenoxy) is 1. The van der Waals surface area contributed by atoms with Gasteiger partial charge < -0.3 is 15.2 Å². The van der Waals surface area contributed by atoms with E-state index in [0.29, 0.717) is 30.9 Å². The summed E-state index contributed by atoms with van der Waals surface area (Å²) in [6.07, 6.45) is 2.45. The van der Waals surface area contributed by atoms with Gasteiger partial charge in [-0.25, -0.2) is 0 Å². The highest BCUT2D eigenvalue weighted by Gasteiger charge is 2.33. The smallest absolute Gasteiger partial charge is 0.306 e. The predicted molar refractivity (Wildman–Crippen MR) is 81.0 cm³/mol. The molecule has 2 aliphatic rings. The Bertz CT molecular complexity index is 604. The molecule has 0 radical (unpaired) electrons. The van der Waals surface area contributed by atoms with E-state index in [4.69, 9.17) is 21.4 Å². The lowest BCUT2D eigenvalue weighted by molar-refractivity contribution is -0.141. The zero-order valence-electron chi connectivity index (χ0n) is 12.0. The minimum absolute atomic E-state index is 0.0469. The summed E-state index contributed by atoms with van der Waals surface area (Å²) in [6.45, 7) is 0.343. The monoisotopic (exact) mass is 323 g/mol. The molecule has 2 N–H and O–H groups in total. The molecule has 1 saturated carbocycles. The normalized spacial score (nSPS) is 26.9. The molecule has 5 nitrogen and oxygen atoms in total. The van der Waals surface area contributed by atoms with Gasteiger partial charge in [0, 0.05) is 11.1 Å². The van der Waals surface area contributed by atoms with Crippen LogP contribution < -0.4 is 10.1 Å². The van der Waals surface area contributed by atoms with Crippen molar-refractivity contribution in [2.24, 2.45) is 11.8 Å². The van der Waals surface area contributed by atoms with E-state index in [2.05, 4.69) is 5.32 Å². The first-order valence-electron chi connectivity index (χ1n) is 7.47. The maximum absolute atomic E-state index is 12.4. The van der Waals surface area contributed by atoms with Crippen molar-refractivity contribution in [2.45, 2.75) is 31.7 Å². The molecule has 118 valence electrons. The number of benzene rings is 1. The zero-order chi connectivity index (χ0) is 15.7. The Morgan fingerprint density at radius 3 is 2.82 bits per heavy atom. The minimum atomic E-state index is -0.777. The van der Waals surface area contributed by atoms with Crippen LogP contribution in [0.2, 0.25) is 5.02 Å². The molecule has 22 heavy (non-hydrogen) atoms. The van der Waals surface area contributed by atoms with Crippen LogP contribution in [0.5, 0.6) is 5.75 Å². The first kappa shape index (κ1) is 15.2. The summed E-state index contributed by atoms with van der Waals surface area (Å²) in [4.78, 5) is 23.3. The van der Waals surface area contributed by atoms with Gasteiger partial charge in [-0.05, 0) is 49.4 Å². The summed E-state index contributed by atoms with van der Waals surface area (Å²) < 4.78 is 5.62. The van der Waals surface area contributed by atoms with Crippen molar-refractivity contribution < 1.29 is 19.4 Å². The second-order valence-corrected chi connectivity index (χ2v) is 6.45. The summed E-state index contributed by atoms with van der Waals surface area (Å²) in [5, 5.41) is 12.6. The summed E-state index contributed by atoms with van der Waals surface area (Å²) >= 11 is 5.98. The number of aliphatic carboxylic acids is 1. The van der Waals surface area contributed by atoms with E-state index in [1.165, 1.54) is 0 Å². The van der Waals surface area contributed by atoms with Gasteiger partial charge in [0.2, 0.25) is 5.91 Å². The van der Waals surface area contributed by atoms with Crippen LogP contribution in [0.3, 0.4) is 0 Å². The largest absolute Gasteiger partial charge is 0.492 e. The standard InChI is InChI=1S/C16H18ClNO4/c17-12-2-4-14-10(6-12)5-11(8-22-14)15(19)18-13-3-1-9(7-13)16(20)21/h2,4,6,9,11,13H,1,3,5,7-8H2,(H,18,19)(H,20,21)/t9-,11?,13+/m0/s1. The second kappa shape index (κ2) is 6.16. The van der Waals surface area contributed by atoms with Crippen LogP contribution in [0.25, 0.3) is 0 Å². The van der Waals surface area contributed by atoms with Crippen LogP contribution >= 0.6 is 11.6 Å². The van der Waals surface area contributed by atoms with Crippen LogP contribution in [-0.2, 0) is 16.0 Å². The van der Waals surface area contributed by atoms with Gasteiger partial charge in [0.15, 0.2) is 0 Å². The van der Waals surface area contributed by atoms with E-state index < -0.39 is 5.97 Å². The fraction of sp³-hybridized carbons (Fsp3) is 0.500. The molecular formula is C16H18ClNO4. The van der Waals surface area contributed by atoms with E-state index in [-0.39, 0.29) is 23.8 Å². The van der Waals surface area contributed by atoms with Crippen LogP contribution in [-0.4, -0.2) is 29.6 Å². The molecule has 1 aliphatic heterocycles. The zero-order valence-corrected chi connectivity index (χ0v) is 12.8. The van der Waals surface area contributed by atoms with E-state index in [1.54, 1.807) is 6.07 Å². The Balaban J connectivity index is 1.59. The van der Waals surface area contributed by atoms with Crippen molar-refractivity contribution in [3.05, 3.63) is 28.8 Å². The minimum Gasteiger partial charge on any atom is -0.492 e. The number of carbonyl (C=O) groups is 2. The van der Waals surface area contributed by atoms with Crippen molar-refractivity contribution >= 4 is 23.5 Å². The third-order valence-corrected chi connectivity index (χ3v) is 4.66. The maximum atomic E-state index is 12.4. The van der Waals surface area contributed by atoms with Crippen molar-refractivity contribution in [2.75, 3.05) is 6.61 Å². The van der Waals surface area contributed by atoms with Crippen molar-refractivity contribution in [1.29, 1.82) is 0 Å². The van der Waals surface area contributed by atoms with Crippen LogP contribution in [0.4, 0.5) is 0 Å². The first-order chi connectivity index (χ1) is 10.5. The lowest BCUT2D eigenvalue weighted by atomic mass is 9.95. The average Bonchev–Trinajstić information content (AvgIpc) is 2.95. The van der Waals surface area contributed by atoms with Gasteiger partial charge in [-0.3, -0.25) is 9.59 Å². The number of rotatable bonds is 3. The topological polar surface area (TPSA) is 75.6 Å². The molecule has 1 amide bonds. The molecule has 1 aromatic rings. The Hall–Kier alpha value is -1.75. The SMILES string of the molecule is O=C(N[C@@H]1CC[C@H](C(=O)O)C1)C1COc2ccc(Cl)cc2C1. The van der Waals surface area contributed by atoms with Crippen LogP contribution in [0.15, 0.2) is 18.2 Å². The summed E-state index contributed by atoms with van der Waals surface area (Å²) in [6, 6.07) is 5.37. The van der Waals surface area contributed by atoms with E-state index in [1.807, 2.05) is 12.1 Å². The van der Waals surface area contributed by atoms with Gasteiger partial charge >= 0.3 is 5.97 Å². The molecule has 1 fully saturated rings. The van der Waals surface area contributed by atoms with Gasteiger partial charge in [0.1, 0.15) is 12.4 Å². The Kier molecular flexibility index (Phi) is 4.25. The predicted octanol–water partition coefficient (Wildman–Crippen LogP) is 2.26. The second-order valence-electron chi connectivity index (χ2n) is 6.02. The Labute approximate surface area is 133 Å². The number of carboxylic acids is 1. The molecule has 1 aromatic carbocycles. The number of hydrogen-bond acceptors (Lipinski definition) is 3. The molecule has 3 rings (SSSR count). The number of hydrogen-bond donors (Lipinski definition) is 2. The molecule has 6 heteroatoms. The summed E-state index contributed by atoms with van der Waals surface area (Å²) in [7, 11) is 0. The van der Waals surface area contributed by atoms with Gasteiger partial charge in [0.25, 0.3) is 0 Å². The van der Waals surface area contributed by atoms with Crippen molar-refractivity contribution in [1.82, 2.24) is 5.32 Å². The highest BCUT2D eigenvalue weighted by atomic mass is 35.5. The van der Waals surface area contributed by atoms with Crippen LogP contribution in [0.1, 0.15) is 24.8 Å². The van der Waals surface area contributed by atoms with Gasteiger partial charge in [0.05, 0.1) is 11.8 Å². The fourth-order valence-electron chi connectivity index (χ4n) is 3.19. The molecule has 1 aliphatic carbocycles. The number of carbonyl (C=O) groups excluding carboxylic acids is 1. The number of nitrogens with one attached hydrogen (secondary N) is 1. The van der Waals surface area contributed by atoms with E-state index >= 15 is 0 Å². The molecule has 0 spiro atoms. The summed E-state index contributed by atoms with van der Waals surface area (Å²) in [5.41, 5.74) is 0.939. The number of amides is 1. The molecule has 0 aromatic heterocycles. The molecule has 0 bridgehead atoms. The highest BCUT2D eigenvalue weighted by molar-refractivity contribution is 6.30. The molecule has 1 heterocycles. The molecule has 0 saturated heterocycles. The van der Waals surface area contributed by atoms with Gasteiger partial charge in [-0.15, -0.1) is 0 Å². The first-order valence-corrected chi connectivity index (χ1v) is 7.85. The van der Waals surface area contributed by atoms with E-state index in [9.17, 15) is 9.59 Å². The number of fused-ring (bicyclic) bond motifs is 1. The van der Waals surface area contributed by atoms with Gasteiger partial charge in [-0.2, -0.15) is 0 Å². The third kappa shape index (κ3) is 3.19. The van der Waals surface area contributed by atoms with E-state index in [0.717, 1.165) is 17.7 Å². The number of halogens is 1. The quantitative estimate of drug-likeness (QED) is 0.894. The summed E-state index contributed by atoms with van der Waals surface area (Å²) in [5.74, 6) is -0.662. The average molecular weight is 324 g/mol. The third-order valence-electron chi connectivity index (χ3n) is 4.43. The maximum Gasteiger partial charge on any atom is 0.306 e. The Morgan fingerprint density at radius 1 is 1.27 bits per heavy atom. The molecular weight excluding hydrogens is 306 g/mol. The Morgan fingerprint density at radius 2 is 2.09 bits per heavy atom. The van der Waals surface area contributed by atoms with Gasteiger partial charge in [-0.1, -0.05) is 11.6 Å². The highest BCUT2D eigenvalue weighted by Crippen LogP contribution is 2.31. The lowest BCUT2D eigenvalue weighted by Gasteiger charge is -2.26. The number of carboxylic acid groups (broad SMARTS) is 1. The lowest BCUT2D eigenvalue weighted by Crippen LogP contribution is -2.41. The van der Waals surface area contributed by atoms with Crippen molar-refractivity contribution in [3.8, 4) is 5.75 Å². The molecule has 3 atom stereocenters. The van der Waals surface area contributed by atoms with Crippen molar-refractivity contribution in [3.63, 3.8) is 0 Å².